The van der Waals surface area contributed by atoms with Crippen LogP contribution in [0.25, 0.3) is 23.1 Å². The number of hydrogen-bond donors (Lipinski definition) is 1. The largest absolute Gasteiger partial charge is 0.507 e. The number of rotatable bonds is 11. The van der Waals surface area contributed by atoms with Crippen LogP contribution in [0.2, 0.25) is 0 Å². The Morgan fingerprint density at radius 1 is 0.735 bits per heavy atom. The maximum Gasteiger partial charge on any atom is 0.212 e. The van der Waals surface area contributed by atoms with Crippen LogP contribution in [0.5, 0.6) is 5.75 Å². The van der Waals surface area contributed by atoms with Crippen LogP contribution >= 0.6 is 0 Å². The van der Waals surface area contributed by atoms with E-state index in [2.05, 4.69) is 54.0 Å². The molecule has 0 aliphatic carbocycles. The lowest BCUT2D eigenvalue weighted by molar-refractivity contribution is -2.00. The molecule has 0 amide bonds. The molecule has 0 fully saturated rings. The lowest BCUT2D eigenvalue weighted by Crippen LogP contribution is -2.68. The van der Waals surface area contributed by atoms with Gasteiger partial charge in [0.2, 0.25) is 11.2 Å². The Kier molecular flexibility index (Phi) is 12.0. The Balaban J connectivity index is 0.000000739. The fourth-order valence-corrected chi connectivity index (χ4v) is 3.88. The van der Waals surface area contributed by atoms with Crippen molar-refractivity contribution in [3.8, 4) is 5.75 Å². The molecule has 0 radical (unpaired) electrons. The van der Waals surface area contributed by atoms with Crippen LogP contribution in [0.1, 0.15) is 69.5 Å². The zero-order valence-corrected chi connectivity index (χ0v) is 20.5. The zero-order chi connectivity index (χ0) is 24.8. The van der Waals surface area contributed by atoms with Crippen molar-refractivity contribution in [2.45, 2.75) is 64.8 Å². The average molecular weight is 488 g/mol. The van der Waals surface area contributed by atoms with Crippen LogP contribution < -0.4 is 23.2 Å². The number of aromatic nitrogens is 1. The highest BCUT2D eigenvalue weighted by molar-refractivity contribution is 5.77. The van der Waals surface area contributed by atoms with Gasteiger partial charge in [0.05, 0.1) is 0 Å². The highest BCUT2D eigenvalue weighted by Gasteiger charge is 2.13. The van der Waals surface area contributed by atoms with Gasteiger partial charge in [-0.3, -0.25) is 0 Å². The fourth-order valence-electron chi connectivity index (χ4n) is 3.88. The van der Waals surface area contributed by atoms with Crippen molar-refractivity contribution in [1.82, 2.24) is 0 Å². The van der Waals surface area contributed by atoms with E-state index < -0.39 is 10.2 Å². The van der Waals surface area contributed by atoms with E-state index in [1.807, 2.05) is 24.3 Å². The van der Waals surface area contributed by atoms with E-state index in [9.17, 15) is 5.11 Å². The van der Waals surface area contributed by atoms with Crippen LogP contribution in [0.15, 0.2) is 60.7 Å². The Morgan fingerprint density at radius 3 is 2.00 bits per heavy atom. The maximum absolute atomic E-state index is 10.0. The van der Waals surface area contributed by atoms with Crippen molar-refractivity contribution in [2.75, 3.05) is 0 Å². The first kappa shape index (κ1) is 27.8. The molecule has 34 heavy (non-hydrogen) atoms. The summed E-state index contributed by atoms with van der Waals surface area (Å²) in [5, 5.41) is 11.3. The van der Waals surface area contributed by atoms with Crippen molar-refractivity contribution in [2.24, 2.45) is 0 Å². The minimum absolute atomic E-state index is 0.319. The van der Waals surface area contributed by atoms with Gasteiger partial charge in [0.15, 0.2) is 0 Å². The molecule has 3 aromatic rings. The van der Waals surface area contributed by atoms with E-state index in [0.29, 0.717) is 5.75 Å². The fraction of sp³-hybridized carbons (Fsp3) is 0.370. The van der Waals surface area contributed by atoms with Gasteiger partial charge in [-0.1, -0.05) is 75.8 Å². The lowest BCUT2D eigenvalue weighted by atomic mass is 10.1. The Morgan fingerprint density at radius 2 is 1.32 bits per heavy atom. The molecular formula is C27H34ClNO5. The number of aromatic hydroxyl groups is 1. The van der Waals surface area contributed by atoms with Crippen molar-refractivity contribution in [3.05, 3.63) is 71.9 Å². The third-order valence-electron chi connectivity index (χ3n) is 5.58. The molecule has 2 aromatic carbocycles. The van der Waals surface area contributed by atoms with Crippen LogP contribution in [0.4, 0.5) is 0 Å². The number of nitrogens with zero attached hydrogens (tertiary/aromatic N) is 1. The molecular weight excluding hydrogens is 454 g/mol. The topological polar surface area (TPSA) is 116 Å². The number of hydrogen-bond acceptors (Lipinski definition) is 5. The molecule has 0 saturated carbocycles. The van der Waals surface area contributed by atoms with Crippen LogP contribution in [0.3, 0.4) is 0 Å². The summed E-state index contributed by atoms with van der Waals surface area (Å²) < 4.78 is 36.4. The number of fused-ring (bicyclic) bond motifs is 1. The average Bonchev–Trinajstić information content (AvgIpc) is 2.79. The molecule has 0 bridgehead atoms. The minimum Gasteiger partial charge on any atom is -0.507 e. The molecule has 6 nitrogen and oxygen atoms in total. The first-order valence-electron chi connectivity index (χ1n) is 11.8. The molecule has 0 saturated heterocycles. The highest BCUT2D eigenvalue weighted by Crippen LogP contribution is 2.19. The first-order chi connectivity index (χ1) is 16.3. The maximum atomic E-state index is 10.0. The summed E-state index contributed by atoms with van der Waals surface area (Å²) in [4.78, 5) is 0. The molecule has 0 unspecified atom stereocenters. The van der Waals surface area contributed by atoms with E-state index in [0.717, 1.165) is 12.1 Å². The summed E-state index contributed by atoms with van der Waals surface area (Å²) in [6.45, 7) is 3.29. The van der Waals surface area contributed by atoms with Gasteiger partial charge in [-0.05, 0) is 30.7 Å². The predicted octanol–water partition coefficient (Wildman–Crippen LogP) is 2.39. The summed E-state index contributed by atoms with van der Waals surface area (Å²) in [6, 6.07) is 20.4. The van der Waals surface area contributed by atoms with E-state index in [-0.39, 0.29) is 0 Å². The number of phenols is 1. The second-order valence-corrected chi connectivity index (χ2v) is 8.97. The minimum atomic E-state index is -4.94. The number of para-hydroxylation sites is 2. The molecule has 1 aromatic heterocycles. The van der Waals surface area contributed by atoms with Gasteiger partial charge in [0.25, 0.3) is 0 Å². The van der Waals surface area contributed by atoms with E-state index in [4.69, 9.17) is 18.6 Å². The number of aryl methyl sites for hydroxylation is 1. The lowest BCUT2D eigenvalue weighted by Gasteiger charge is -2.17. The smallest absolute Gasteiger partial charge is 0.212 e. The van der Waals surface area contributed by atoms with E-state index >= 15 is 0 Å². The molecule has 0 atom stereocenters. The molecule has 3 rings (SSSR count). The van der Waals surface area contributed by atoms with Crippen molar-refractivity contribution < 1.29 is 38.6 Å². The third kappa shape index (κ3) is 10.6. The highest BCUT2D eigenvalue weighted by atomic mass is 35.7. The Labute approximate surface area is 204 Å². The summed E-state index contributed by atoms with van der Waals surface area (Å²) in [5.74, 6) is 0.319. The van der Waals surface area contributed by atoms with Gasteiger partial charge in [-0.25, -0.2) is 18.6 Å². The molecule has 7 heteroatoms. The third-order valence-corrected chi connectivity index (χ3v) is 5.58. The van der Waals surface area contributed by atoms with Gasteiger partial charge < -0.3 is 5.11 Å². The monoisotopic (exact) mass is 487 g/mol. The van der Waals surface area contributed by atoms with E-state index in [1.54, 1.807) is 6.07 Å². The second kappa shape index (κ2) is 14.7. The second-order valence-electron chi connectivity index (χ2n) is 8.21. The SMILES string of the molecule is CCCCCCCCCC[n+]1c(/C=C/c2ccccc2O)ccc2ccccc21.[O-][Cl+3]([O-])([O-])[O-]. The van der Waals surface area contributed by atoms with Crippen molar-refractivity contribution in [3.63, 3.8) is 0 Å². The van der Waals surface area contributed by atoms with Crippen molar-refractivity contribution in [1.29, 1.82) is 0 Å². The Bertz CT molecular complexity index is 1030. The number of pyridine rings is 1. The van der Waals surface area contributed by atoms with Crippen LogP contribution in [0, 0.1) is 10.2 Å². The molecule has 1 heterocycles. The Hall–Kier alpha value is -2.48. The summed E-state index contributed by atoms with van der Waals surface area (Å²) in [7, 11) is -4.94. The van der Waals surface area contributed by atoms with Gasteiger partial charge in [-0.2, -0.15) is 4.57 Å². The molecule has 184 valence electrons. The van der Waals surface area contributed by atoms with Gasteiger partial charge >= 0.3 is 0 Å². The quantitative estimate of drug-likeness (QED) is 0.329. The van der Waals surface area contributed by atoms with Gasteiger partial charge in [0.1, 0.15) is 12.3 Å². The van der Waals surface area contributed by atoms with Gasteiger partial charge in [0, 0.05) is 35.6 Å². The van der Waals surface area contributed by atoms with Crippen LogP contribution in [-0.2, 0) is 6.54 Å². The summed E-state index contributed by atoms with van der Waals surface area (Å²) in [5.41, 5.74) is 3.30. The number of unbranched alkanes of at least 4 members (excludes halogenated alkanes) is 7. The van der Waals surface area contributed by atoms with Gasteiger partial charge in [-0.15, -0.1) is 10.2 Å². The molecule has 1 N–H and O–H groups in total. The van der Waals surface area contributed by atoms with Crippen molar-refractivity contribution >= 4 is 23.1 Å². The first-order valence-corrected chi connectivity index (χ1v) is 13.0. The number of halogens is 1. The molecule has 0 aliphatic rings. The molecule has 0 spiro atoms. The summed E-state index contributed by atoms with van der Waals surface area (Å²) >= 11 is 0. The predicted molar refractivity (Wildman–Crippen MR) is 124 cm³/mol. The number of benzene rings is 2. The number of phenolic OH excluding ortho intramolecular Hbond substituents is 1. The van der Waals surface area contributed by atoms with Crippen LogP contribution in [-0.4, -0.2) is 5.11 Å². The summed E-state index contributed by atoms with van der Waals surface area (Å²) in [6.07, 6.45) is 14.7. The van der Waals surface area contributed by atoms with E-state index in [1.165, 1.54) is 68.0 Å². The normalized spacial score (nSPS) is 11.6. The standard InChI is InChI=1S/C27H33NO.ClHO4/c1-2-3-4-5-6-7-8-13-22-28-25(20-18-23-14-9-11-16-26(23)28)21-19-24-15-10-12-17-27(24)29;2-1(3,4)5/h9-12,14-21H,2-8,13,22H2,1H3;(H,2,3,4,5). The molecule has 0 aliphatic heterocycles. The zero-order valence-electron chi connectivity index (χ0n) is 19.7.